The maximum Gasteiger partial charge on any atom is 0.220 e. The van der Waals surface area contributed by atoms with Gasteiger partial charge in [0.25, 0.3) is 0 Å². The molecule has 2 aromatic rings. The number of guanidine groups is 1. The van der Waals surface area contributed by atoms with Crippen molar-refractivity contribution in [3.63, 3.8) is 0 Å². The molecule has 9 nitrogen and oxygen atoms in total. The first-order valence-corrected chi connectivity index (χ1v) is 12.2. The molecule has 1 aliphatic rings. The Hall–Kier alpha value is -2.59. The molecule has 170 valence electrons. The van der Waals surface area contributed by atoms with Crippen molar-refractivity contribution in [2.24, 2.45) is 4.99 Å². The Morgan fingerprint density at radius 1 is 1.23 bits per heavy atom. The second-order valence-corrected chi connectivity index (χ2v) is 9.59. The quantitative estimate of drug-likeness (QED) is 0.484. The smallest absolute Gasteiger partial charge is 0.220 e. The van der Waals surface area contributed by atoms with Crippen molar-refractivity contribution in [1.82, 2.24) is 19.7 Å². The van der Waals surface area contributed by atoms with Gasteiger partial charge in [0.2, 0.25) is 10.0 Å². The molecule has 0 saturated carbocycles. The van der Waals surface area contributed by atoms with Gasteiger partial charge in [-0.25, -0.2) is 8.42 Å². The molecule has 0 spiro atoms. The second kappa shape index (κ2) is 10.6. The van der Waals surface area contributed by atoms with Crippen LogP contribution >= 0.6 is 0 Å². The number of sulfonamides is 1. The number of hydrogen-bond acceptors (Lipinski definition) is 6. The zero-order chi connectivity index (χ0) is 22.3. The zero-order valence-corrected chi connectivity index (χ0v) is 19.3. The molecule has 10 heteroatoms. The molecule has 0 amide bonds. The summed E-state index contributed by atoms with van der Waals surface area (Å²) in [6.07, 6.45) is 1.39. The van der Waals surface area contributed by atoms with E-state index < -0.39 is 10.0 Å². The summed E-state index contributed by atoms with van der Waals surface area (Å²) in [5.74, 6) is 0.686. The fraction of sp³-hybridized carbons (Fsp3) is 0.524. The topological polar surface area (TPSA) is 94.3 Å². The minimum atomic E-state index is -3.42. The highest BCUT2D eigenvalue weighted by molar-refractivity contribution is 7.88. The van der Waals surface area contributed by atoms with Crippen molar-refractivity contribution in [3.8, 4) is 0 Å². The number of para-hydroxylation sites is 1. The van der Waals surface area contributed by atoms with Crippen LogP contribution in [0.4, 0.5) is 5.69 Å². The van der Waals surface area contributed by atoms with Gasteiger partial charge in [-0.15, -0.1) is 0 Å². The predicted molar refractivity (Wildman–Crippen MR) is 123 cm³/mol. The third-order valence-electron chi connectivity index (χ3n) is 5.42. The summed E-state index contributed by atoms with van der Waals surface area (Å²) in [5.41, 5.74) is 1.58. The summed E-state index contributed by atoms with van der Waals surface area (Å²) in [6.45, 7) is 7.60. The standard InChI is InChI=1S/C21H32N6O3S/c1-4-22-21(23-16-18(2)25(3)20-8-6-5-7-9-20)26-11-13-27(14-12-26)31(28,29)17-19-10-15-30-24-19/h5-10,15,18H,4,11-14,16-17H2,1-3H3,(H,22,23). The number of hydrogen-bond donors (Lipinski definition) is 1. The number of nitrogens with zero attached hydrogens (tertiary/aromatic N) is 5. The van der Waals surface area contributed by atoms with Crippen molar-refractivity contribution in [1.29, 1.82) is 0 Å². The minimum absolute atomic E-state index is 0.138. The third kappa shape index (κ3) is 6.20. The van der Waals surface area contributed by atoms with Crippen LogP contribution in [0.25, 0.3) is 0 Å². The summed E-state index contributed by atoms with van der Waals surface area (Å²) in [5, 5.41) is 7.06. The fourth-order valence-electron chi connectivity index (χ4n) is 3.45. The summed E-state index contributed by atoms with van der Waals surface area (Å²) in [7, 11) is -1.35. The Labute approximate surface area is 184 Å². The second-order valence-electron chi connectivity index (χ2n) is 7.62. The molecule has 1 N–H and O–H groups in total. The van der Waals surface area contributed by atoms with Crippen LogP contribution < -0.4 is 10.2 Å². The predicted octanol–water partition coefficient (Wildman–Crippen LogP) is 1.61. The first-order chi connectivity index (χ1) is 14.9. The van der Waals surface area contributed by atoms with Crippen LogP contribution in [0.5, 0.6) is 0 Å². The zero-order valence-electron chi connectivity index (χ0n) is 18.4. The number of aliphatic imine (C=N–C) groups is 1. The minimum Gasteiger partial charge on any atom is -0.370 e. The maximum atomic E-state index is 12.7. The van der Waals surface area contributed by atoms with Gasteiger partial charge in [0.15, 0.2) is 5.96 Å². The molecule has 0 bridgehead atoms. The molecule has 1 aromatic carbocycles. The van der Waals surface area contributed by atoms with E-state index in [4.69, 9.17) is 9.52 Å². The molecule has 31 heavy (non-hydrogen) atoms. The lowest BCUT2D eigenvalue weighted by Gasteiger charge is -2.36. The van der Waals surface area contributed by atoms with E-state index in [2.05, 4.69) is 46.4 Å². The largest absolute Gasteiger partial charge is 0.370 e. The van der Waals surface area contributed by atoms with E-state index in [0.29, 0.717) is 38.4 Å². The first kappa shape index (κ1) is 23.1. The van der Waals surface area contributed by atoms with Crippen molar-refractivity contribution in [3.05, 3.63) is 48.4 Å². The Balaban J connectivity index is 1.58. The van der Waals surface area contributed by atoms with Gasteiger partial charge < -0.3 is 19.6 Å². The summed E-state index contributed by atoms with van der Waals surface area (Å²) >= 11 is 0. The first-order valence-electron chi connectivity index (χ1n) is 10.6. The normalized spacial score (nSPS) is 16.9. The van der Waals surface area contributed by atoms with E-state index in [1.165, 1.54) is 10.6 Å². The van der Waals surface area contributed by atoms with E-state index in [0.717, 1.165) is 18.2 Å². The number of anilines is 1. The van der Waals surface area contributed by atoms with E-state index >= 15 is 0 Å². The number of aromatic nitrogens is 1. The lowest BCUT2D eigenvalue weighted by Crippen LogP contribution is -2.54. The van der Waals surface area contributed by atoms with E-state index in [-0.39, 0.29) is 11.8 Å². The number of piperazine rings is 1. The van der Waals surface area contributed by atoms with Gasteiger partial charge >= 0.3 is 0 Å². The maximum absolute atomic E-state index is 12.7. The Bertz CT molecular complexity index is 925. The summed E-state index contributed by atoms with van der Waals surface area (Å²) < 4.78 is 31.6. The molecule has 0 aliphatic carbocycles. The highest BCUT2D eigenvalue weighted by Crippen LogP contribution is 2.15. The number of nitrogens with one attached hydrogen (secondary N) is 1. The van der Waals surface area contributed by atoms with Gasteiger partial charge in [0.1, 0.15) is 12.0 Å². The number of likely N-dealkylation sites (N-methyl/N-ethyl adjacent to an activating group) is 1. The van der Waals surface area contributed by atoms with E-state index in [1.54, 1.807) is 6.07 Å². The molecule has 1 aromatic heterocycles. The van der Waals surface area contributed by atoms with Crippen molar-refractivity contribution in [2.45, 2.75) is 25.6 Å². The van der Waals surface area contributed by atoms with Gasteiger partial charge in [-0.1, -0.05) is 23.4 Å². The van der Waals surface area contributed by atoms with Crippen molar-refractivity contribution < 1.29 is 12.9 Å². The van der Waals surface area contributed by atoms with Crippen LogP contribution in [-0.2, 0) is 15.8 Å². The highest BCUT2D eigenvalue weighted by Gasteiger charge is 2.29. The Morgan fingerprint density at radius 3 is 2.55 bits per heavy atom. The van der Waals surface area contributed by atoms with E-state index in [1.807, 2.05) is 25.1 Å². The van der Waals surface area contributed by atoms with Gasteiger partial charge in [-0.2, -0.15) is 4.31 Å². The SMILES string of the molecule is CCNC(=NCC(C)N(C)c1ccccc1)N1CCN(S(=O)(=O)Cc2ccon2)CC1. The van der Waals surface area contributed by atoms with Crippen molar-refractivity contribution in [2.75, 3.05) is 51.2 Å². The molecule has 1 saturated heterocycles. The lowest BCUT2D eigenvalue weighted by atomic mass is 10.2. The molecule has 1 fully saturated rings. The van der Waals surface area contributed by atoms with Gasteiger partial charge in [-0.05, 0) is 26.0 Å². The molecule has 1 atom stereocenters. The van der Waals surface area contributed by atoms with Gasteiger partial charge in [-0.3, -0.25) is 4.99 Å². The average molecular weight is 449 g/mol. The van der Waals surface area contributed by atoms with Crippen LogP contribution in [0.3, 0.4) is 0 Å². The molecule has 2 heterocycles. The van der Waals surface area contributed by atoms with Crippen molar-refractivity contribution >= 4 is 21.7 Å². The molecular weight excluding hydrogens is 416 g/mol. The number of benzene rings is 1. The fourth-order valence-corrected chi connectivity index (χ4v) is 4.88. The van der Waals surface area contributed by atoms with Crippen LogP contribution in [0.15, 0.2) is 52.2 Å². The lowest BCUT2D eigenvalue weighted by molar-refractivity contribution is 0.259. The van der Waals surface area contributed by atoms with Crippen LogP contribution in [-0.4, -0.2) is 81.1 Å². The molecule has 0 radical (unpaired) electrons. The Morgan fingerprint density at radius 2 is 1.94 bits per heavy atom. The molecular formula is C21H32N6O3S. The average Bonchev–Trinajstić information content (AvgIpc) is 3.29. The van der Waals surface area contributed by atoms with Crippen LogP contribution in [0.1, 0.15) is 19.5 Å². The van der Waals surface area contributed by atoms with Gasteiger partial charge in [0, 0.05) is 57.6 Å². The van der Waals surface area contributed by atoms with Crippen LogP contribution in [0.2, 0.25) is 0 Å². The molecule has 3 rings (SSSR count). The summed E-state index contributed by atoms with van der Waals surface area (Å²) in [6, 6.07) is 12.0. The van der Waals surface area contributed by atoms with E-state index in [9.17, 15) is 8.42 Å². The van der Waals surface area contributed by atoms with Gasteiger partial charge in [0.05, 0.1) is 12.2 Å². The number of rotatable bonds is 8. The Kier molecular flexibility index (Phi) is 7.91. The molecule has 1 unspecified atom stereocenters. The monoisotopic (exact) mass is 448 g/mol. The highest BCUT2D eigenvalue weighted by atomic mass is 32.2. The third-order valence-corrected chi connectivity index (χ3v) is 7.23. The molecule has 1 aliphatic heterocycles. The van der Waals surface area contributed by atoms with Crippen LogP contribution in [0, 0.1) is 0 Å². The summed E-state index contributed by atoms with van der Waals surface area (Å²) in [4.78, 5) is 9.17.